The molecular formula is C18H15F4N5O4S. The molecule has 14 heteroatoms. The van der Waals surface area contributed by atoms with Gasteiger partial charge < -0.3 is 15.0 Å². The van der Waals surface area contributed by atoms with Crippen molar-refractivity contribution < 1.29 is 35.9 Å². The van der Waals surface area contributed by atoms with Crippen LogP contribution in [0.25, 0.3) is 11.0 Å². The summed E-state index contributed by atoms with van der Waals surface area (Å²) < 4.78 is 83.4. The van der Waals surface area contributed by atoms with Crippen molar-refractivity contribution >= 4 is 32.8 Å². The first-order chi connectivity index (χ1) is 15.1. The molecule has 1 aliphatic rings. The fraction of sp³-hybridized carbons (Fsp3) is 0.278. The molecule has 0 unspecified atom stereocenters. The molecule has 3 heterocycles. The topological polar surface area (TPSA) is 128 Å². The average molecular weight is 473 g/mol. The Hall–Kier alpha value is -3.26. The first kappa shape index (κ1) is 22.0. The number of fused-ring (bicyclic) bond motifs is 1. The zero-order valence-electron chi connectivity index (χ0n) is 16.1. The van der Waals surface area contributed by atoms with E-state index in [1.54, 1.807) is 12.3 Å². The molecule has 3 aromatic rings. The van der Waals surface area contributed by atoms with Gasteiger partial charge in [-0.2, -0.15) is 0 Å². The number of rotatable bonds is 5. The number of sulfonamides is 1. The van der Waals surface area contributed by atoms with Crippen molar-refractivity contribution in [2.45, 2.75) is 23.8 Å². The maximum Gasteiger partial charge on any atom is 0.341 e. The Bertz CT molecular complexity index is 1290. The Morgan fingerprint density at radius 2 is 1.72 bits per heavy atom. The van der Waals surface area contributed by atoms with Gasteiger partial charge >= 0.3 is 5.97 Å². The van der Waals surface area contributed by atoms with Crippen LogP contribution in [-0.2, 0) is 10.0 Å². The minimum atomic E-state index is -5.04. The number of carboxylic acid groups (broad SMARTS) is 1. The summed E-state index contributed by atoms with van der Waals surface area (Å²) >= 11 is 0. The molecular weight excluding hydrogens is 458 g/mol. The summed E-state index contributed by atoms with van der Waals surface area (Å²) in [4.78, 5) is 22.1. The molecule has 1 saturated heterocycles. The van der Waals surface area contributed by atoms with Gasteiger partial charge in [-0.15, -0.1) is 0 Å². The Kier molecular flexibility index (Phi) is 5.50. The van der Waals surface area contributed by atoms with Gasteiger partial charge in [0.2, 0.25) is 10.0 Å². The van der Waals surface area contributed by atoms with E-state index in [0.717, 1.165) is 5.39 Å². The molecule has 4 rings (SSSR count). The van der Waals surface area contributed by atoms with Gasteiger partial charge in [-0.1, -0.05) is 0 Å². The van der Waals surface area contributed by atoms with Crippen LogP contribution >= 0.6 is 0 Å². The number of halogens is 4. The number of piperidine rings is 1. The Balaban J connectivity index is 1.55. The highest BCUT2D eigenvalue weighted by Gasteiger charge is 2.37. The smallest absolute Gasteiger partial charge is 0.341 e. The van der Waals surface area contributed by atoms with Crippen LogP contribution in [0.1, 0.15) is 23.2 Å². The van der Waals surface area contributed by atoms with Crippen molar-refractivity contribution in [2.75, 3.05) is 18.0 Å². The van der Waals surface area contributed by atoms with Crippen LogP contribution in [0.15, 0.2) is 23.5 Å². The molecule has 3 N–H and O–H groups in total. The van der Waals surface area contributed by atoms with Crippen LogP contribution in [0.4, 0.5) is 23.4 Å². The number of hydrogen-bond acceptors (Lipinski definition) is 6. The number of benzene rings is 1. The van der Waals surface area contributed by atoms with Crippen molar-refractivity contribution in [2.24, 2.45) is 0 Å². The standard InChI is InChI=1S/C18H15F4N5O4S/c19-11-10(18(28)29)12(20)14(22)15(13(11)21)32(30,31)26-8-2-5-27(6-3-8)17-9-1-4-23-16(9)24-7-25-17/h1,4,7-8,26H,2-3,5-6H2,(H,28,29)(H,23,24,25). The quantitative estimate of drug-likeness (QED) is 0.383. The van der Waals surface area contributed by atoms with Gasteiger partial charge in [-0.3, -0.25) is 0 Å². The summed E-state index contributed by atoms with van der Waals surface area (Å²) in [5.41, 5.74) is -1.29. The SMILES string of the molecule is O=C(O)c1c(F)c(F)c(S(=O)(=O)NC2CCN(c3ncnc4[nH]ccc34)CC2)c(F)c1F. The lowest BCUT2D eigenvalue weighted by atomic mass is 10.1. The van der Waals surface area contributed by atoms with E-state index in [9.17, 15) is 30.8 Å². The second-order valence-corrected chi connectivity index (χ2v) is 8.74. The molecule has 1 fully saturated rings. The third-order valence-electron chi connectivity index (χ3n) is 5.15. The largest absolute Gasteiger partial charge is 0.477 e. The molecule has 0 aliphatic carbocycles. The summed E-state index contributed by atoms with van der Waals surface area (Å²) in [6.45, 7) is 0.659. The van der Waals surface area contributed by atoms with Crippen molar-refractivity contribution in [3.63, 3.8) is 0 Å². The lowest BCUT2D eigenvalue weighted by Gasteiger charge is -2.33. The predicted octanol–water partition coefficient (Wildman–Crippen LogP) is 2.16. The number of carboxylic acids is 1. The highest BCUT2D eigenvalue weighted by Crippen LogP contribution is 2.29. The molecule has 170 valence electrons. The van der Waals surface area contributed by atoms with Crippen molar-refractivity contribution in [3.05, 3.63) is 47.4 Å². The molecule has 1 aliphatic heterocycles. The number of H-pyrrole nitrogens is 1. The molecule has 0 atom stereocenters. The van der Waals surface area contributed by atoms with Crippen LogP contribution in [0.2, 0.25) is 0 Å². The second kappa shape index (κ2) is 8.02. The lowest BCUT2D eigenvalue weighted by molar-refractivity contribution is 0.0682. The molecule has 0 bridgehead atoms. The average Bonchev–Trinajstić information content (AvgIpc) is 3.21. The minimum Gasteiger partial charge on any atom is -0.477 e. The first-order valence-electron chi connectivity index (χ1n) is 9.26. The highest BCUT2D eigenvalue weighted by molar-refractivity contribution is 7.89. The van der Waals surface area contributed by atoms with Gasteiger partial charge in [0.05, 0.1) is 5.39 Å². The minimum absolute atomic E-state index is 0.205. The van der Waals surface area contributed by atoms with Crippen LogP contribution < -0.4 is 9.62 Å². The molecule has 0 saturated carbocycles. The third kappa shape index (κ3) is 3.64. The molecule has 32 heavy (non-hydrogen) atoms. The van der Waals surface area contributed by atoms with Crippen LogP contribution in [0, 0.1) is 23.3 Å². The van der Waals surface area contributed by atoms with Crippen molar-refractivity contribution in [3.8, 4) is 0 Å². The van der Waals surface area contributed by atoms with E-state index in [1.807, 2.05) is 9.62 Å². The maximum absolute atomic E-state index is 14.2. The zero-order valence-corrected chi connectivity index (χ0v) is 16.9. The number of nitrogens with zero attached hydrogens (tertiary/aromatic N) is 3. The second-order valence-electron chi connectivity index (χ2n) is 7.09. The van der Waals surface area contributed by atoms with Gasteiger partial charge in [0.25, 0.3) is 0 Å². The van der Waals surface area contributed by atoms with Crippen LogP contribution in [0.5, 0.6) is 0 Å². The number of nitrogens with one attached hydrogen (secondary N) is 2. The maximum atomic E-state index is 14.2. The summed E-state index contributed by atoms with van der Waals surface area (Å²) in [5.74, 6) is -10.9. The Labute approximate surface area is 178 Å². The third-order valence-corrected chi connectivity index (χ3v) is 6.69. The monoisotopic (exact) mass is 473 g/mol. The van der Waals surface area contributed by atoms with Gasteiger partial charge in [0.1, 0.15) is 23.4 Å². The van der Waals surface area contributed by atoms with E-state index in [-0.39, 0.29) is 12.8 Å². The van der Waals surface area contributed by atoms with Gasteiger partial charge in [0.15, 0.2) is 28.2 Å². The lowest BCUT2D eigenvalue weighted by Crippen LogP contribution is -2.45. The number of anilines is 1. The number of aromatic amines is 1. The molecule has 1 aromatic carbocycles. The normalized spacial score (nSPS) is 15.4. The van der Waals surface area contributed by atoms with Crippen LogP contribution in [0.3, 0.4) is 0 Å². The fourth-order valence-corrected chi connectivity index (χ4v) is 5.08. The molecule has 9 nitrogen and oxygen atoms in total. The molecule has 0 radical (unpaired) electrons. The summed E-state index contributed by atoms with van der Waals surface area (Å²) in [5, 5.41) is 9.49. The van der Waals surface area contributed by atoms with Crippen molar-refractivity contribution in [1.29, 1.82) is 0 Å². The molecule has 0 amide bonds. The van der Waals surface area contributed by atoms with Gasteiger partial charge in [0, 0.05) is 25.3 Å². The summed E-state index contributed by atoms with van der Waals surface area (Å²) in [6, 6.07) is 0.999. The van der Waals surface area contributed by atoms with E-state index in [0.29, 0.717) is 24.6 Å². The van der Waals surface area contributed by atoms with Gasteiger partial charge in [-0.05, 0) is 18.9 Å². The summed E-state index contributed by atoms with van der Waals surface area (Å²) in [6.07, 6.45) is 3.48. The molecule has 2 aromatic heterocycles. The summed E-state index contributed by atoms with van der Waals surface area (Å²) in [7, 11) is -5.04. The van der Waals surface area contributed by atoms with Crippen LogP contribution in [-0.4, -0.2) is 53.6 Å². The fourth-order valence-electron chi connectivity index (χ4n) is 3.63. The van der Waals surface area contributed by atoms with E-state index in [2.05, 4.69) is 15.0 Å². The van der Waals surface area contributed by atoms with E-state index < -0.39 is 55.8 Å². The molecule has 0 spiro atoms. The van der Waals surface area contributed by atoms with E-state index in [4.69, 9.17) is 5.11 Å². The van der Waals surface area contributed by atoms with E-state index >= 15 is 0 Å². The Morgan fingerprint density at radius 1 is 1.09 bits per heavy atom. The predicted molar refractivity (Wildman–Crippen MR) is 103 cm³/mol. The Morgan fingerprint density at radius 3 is 2.31 bits per heavy atom. The zero-order chi connectivity index (χ0) is 23.2. The number of hydrogen-bond donors (Lipinski definition) is 3. The van der Waals surface area contributed by atoms with E-state index in [1.165, 1.54) is 6.33 Å². The first-order valence-corrected chi connectivity index (χ1v) is 10.7. The van der Waals surface area contributed by atoms with Crippen molar-refractivity contribution in [1.82, 2.24) is 19.7 Å². The number of aromatic carboxylic acids is 1. The number of aromatic nitrogens is 3. The highest BCUT2D eigenvalue weighted by atomic mass is 32.2. The number of carbonyl (C=O) groups is 1. The van der Waals surface area contributed by atoms with Gasteiger partial charge in [-0.25, -0.2) is 45.5 Å².